The minimum Gasteiger partial charge on any atom is -0.309 e. The van der Waals surface area contributed by atoms with E-state index >= 15 is 0 Å². The number of nitrogens with zero attached hydrogens (tertiary/aromatic N) is 1. The third-order valence-electron chi connectivity index (χ3n) is 3.76. The molecule has 1 aromatic carbocycles. The molecule has 1 aromatic heterocycles. The summed E-state index contributed by atoms with van der Waals surface area (Å²) in [6.07, 6.45) is 2.99. The van der Waals surface area contributed by atoms with Gasteiger partial charge in [-0.15, -0.1) is 0 Å². The Morgan fingerprint density at radius 3 is 2.67 bits per heavy atom. The standard InChI is InChI=1S/C18H23BrN2/c1-4-10-21-18(14(3)17-7-5-6-11-20-17)15-9-8-13(2)12-16(15)19/h5-9,11-12,14,18,21H,4,10H2,1-3H3. The van der Waals surface area contributed by atoms with Gasteiger partial charge in [0.25, 0.3) is 0 Å². The van der Waals surface area contributed by atoms with Crippen LogP contribution in [-0.2, 0) is 0 Å². The maximum absolute atomic E-state index is 4.53. The first-order valence-electron chi connectivity index (χ1n) is 7.53. The maximum Gasteiger partial charge on any atom is 0.0450 e. The van der Waals surface area contributed by atoms with Crippen molar-refractivity contribution in [2.24, 2.45) is 0 Å². The molecule has 0 spiro atoms. The lowest BCUT2D eigenvalue weighted by atomic mass is 9.91. The molecule has 2 atom stereocenters. The molecule has 0 radical (unpaired) electrons. The fourth-order valence-electron chi connectivity index (χ4n) is 2.56. The van der Waals surface area contributed by atoms with Gasteiger partial charge in [-0.3, -0.25) is 4.98 Å². The van der Waals surface area contributed by atoms with Crippen molar-refractivity contribution in [3.05, 3.63) is 63.9 Å². The SMILES string of the molecule is CCCNC(c1ccc(C)cc1Br)C(C)c1ccccn1. The lowest BCUT2D eigenvalue weighted by molar-refractivity contribution is 0.458. The Balaban J connectivity index is 2.33. The van der Waals surface area contributed by atoms with Crippen LogP contribution in [0.1, 0.15) is 49.0 Å². The average Bonchev–Trinajstić information content (AvgIpc) is 2.50. The minimum absolute atomic E-state index is 0.259. The van der Waals surface area contributed by atoms with Crippen LogP contribution in [0.4, 0.5) is 0 Å². The van der Waals surface area contributed by atoms with Crippen LogP contribution in [0.3, 0.4) is 0 Å². The Bertz CT molecular complexity index is 569. The van der Waals surface area contributed by atoms with E-state index in [1.807, 2.05) is 12.3 Å². The molecule has 0 aliphatic carbocycles. The molecule has 112 valence electrons. The molecule has 21 heavy (non-hydrogen) atoms. The number of aromatic nitrogens is 1. The van der Waals surface area contributed by atoms with Gasteiger partial charge in [-0.1, -0.05) is 48.0 Å². The summed E-state index contributed by atoms with van der Waals surface area (Å²) in [5, 5.41) is 3.67. The molecule has 2 aromatic rings. The van der Waals surface area contributed by atoms with Gasteiger partial charge in [0.05, 0.1) is 0 Å². The zero-order chi connectivity index (χ0) is 15.2. The second-order valence-corrected chi connectivity index (χ2v) is 6.35. The number of halogens is 1. The number of benzene rings is 1. The summed E-state index contributed by atoms with van der Waals surface area (Å²) in [5.41, 5.74) is 3.69. The third kappa shape index (κ3) is 4.14. The Kier molecular flexibility index (Phi) is 5.95. The Labute approximate surface area is 136 Å². The molecular formula is C18H23BrN2. The van der Waals surface area contributed by atoms with Gasteiger partial charge in [0.2, 0.25) is 0 Å². The van der Waals surface area contributed by atoms with E-state index in [1.165, 1.54) is 15.6 Å². The average molecular weight is 347 g/mol. The van der Waals surface area contributed by atoms with E-state index in [-0.39, 0.29) is 6.04 Å². The lowest BCUT2D eigenvalue weighted by Gasteiger charge is -2.26. The summed E-state index contributed by atoms with van der Waals surface area (Å²) in [7, 11) is 0. The largest absolute Gasteiger partial charge is 0.309 e. The zero-order valence-corrected chi connectivity index (χ0v) is 14.5. The molecule has 1 heterocycles. The summed E-state index contributed by atoms with van der Waals surface area (Å²) < 4.78 is 1.17. The second-order valence-electron chi connectivity index (χ2n) is 5.50. The van der Waals surface area contributed by atoms with Crippen LogP contribution >= 0.6 is 15.9 Å². The molecule has 0 aliphatic heterocycles. The van der Waals surface area contributed by atoms with Crippen molar-refractivity contribution in [2.45, 2.75) is 39.2 Å². The Hall–Kier alpha value is -1.19. The molecule has 2 nitrogen and oxygen atoms in total. The molecular weight excluding hydrogens is 324 g/mol. The van der Waals surface area contributed by atoms with E-state index in [0.29, 0.717) is 5.92 Å². The van der Waals surface area contributed by atoms with Crippen molar-refractivity contribution >= 4 is 15.9 Å². The topological polar surface area (TPSA) is 24.9 Å². The van der Waals surface area contributed by atoms with Gasteiger partial charge >= 0.3 is 0 Å². The number of hydrogen-bond donors (Lipinski definition) is 1. The second kappa shape index (κ2) is 7.71. The van der Waals surface area contributed by atoms with Gasteiger partial charge in [0.1, 0.15) is 0 Å². The molecule has 0 fully saturated rings. The summed E-state index contributed by atoms with van der Waals surface area (Å²) >= 11 is 3.72. The predicted molar refractivity (Wildman–Crippen MR) is 92.6 cm³/mol. The predicted octanol–water partition coefficient (Wildman–Crippen LogP) is 5.00. The summed E-state index contributed by atoms with van der Waals surface area (Å²) in [6, 6.07) is 13.0. The molecule has 3 heteroatoms. The van der Waals surface area contributed by atoms with Crippen molar-refractivity contribution in [3.63, 3.8) is 0 Å². The number of nitrogens with one attached hydrogen (secondary N) is 1. The number of aryl methyl sites for hydroxylation is 1. The van der Waals surface area contributed by atoms with E-state index < -0.39 is 0 Å². The van der Waals surface area contributed by atoms with Crippen LogP contribution in [0.25, 0.3) is 0 Å². The van der Waals surface area contributed by atoms with Crippen LogP contribution in [0.15, 0.2) is 47.1 Å². The first-order chi connectivity index (χ1) is 10.1. The van der Waals surface area contributed by atoms with E-state index in [1.54, 1.807) is 0 Å². The van der Waals surface area contributed by atoms with Gasteiger partial charge in [-0.2, -0.15) is 0 Å². The third-order valence-corrected chi connectivity index (χ3v) is 4.45. The zero-order valence-electron chi connectivity index (χ0n) is 12.9. The van der Waals surface area contributed by atoms with Gasteiger partial charge in [-0.25, -0.2) is 0 Å². The normalized spacial score (nSPS) is 13.9. The monoisotopic (exact) mass is 346 g/mol. The summed E-state index contributed by atoms with van der Waals surface area (Å²) in [6.45, 7) is 7.55. The highest BCUT2D eigenvalue weighted by atomic mass is 79.9. The van der Waals surface area contributed by atoms with E-state index in [4.69, 9.17) is 0 Å². The quantitative estimate of drug-likeness (QED) is 0.796. The first-order valence-corrected chi connectivity index (χ1v) is 8.33. The molecule has 0 amide bonds. The molecule has 1 N–H and O–H groups in total. The number of rotatable bonds is 6. The van der Waals surface area contributed by atoms with Gasteiger partial charge in [0.15, 0.2) is 0 Å². The van der Waals surface area contributed by atoms with Gasteiger partial charge in [-0.05, 0) is 49.2 Å². The fourth-order valence-corrected chi connectivity index (χ4v) is 3.30. The smallest absolute Gasteiger partial charge is 0.0450 e. The lowest BCUT2D eigenvalue weighted by Crippen LogP contribution is -2.27. The van der Waals surface area contributed by atoms with Gasteiger partial charge in [0, 0.05) is 28.3 Å². The van der Waals surface area contributed by atoms with Crippen molar-refractivity contribution in [1.29, 1.82) is 0 Å². The maximum atomic E-state index is 4.53. The minimum atomic E-state index is 0.259. The number of hydrogen-bond acceptors (Lipinski definition) is 2. The van der Waals surface area contributed by atoms with Gasteiger partial charge < -0.3 is 5.32 Å². The van der Waals surface area contributed by atoms with E-state index in [2.05, 4.69) is 77.3 Å². The highest BCUT2D eigenvalue weighted by Gasteiger charge is 2.23. The first kappa shape index (κ1) is 16.2. The summed E-state index contributed by atoms with van der Waals surface area (Å²) in [5.74, 6) is 0.316. The fraction of sp³-hybridized carbons (Fsp3) is 0.389. The van der Waals surface area contributed by atoms with Crippen LogP contribution in [0.2, 0.25) is 0 Å². The molecule has 0 aliphatic rings. The van der Waals surface area contributed by atoms with Crippen LogP contribution < -0.4 is 5.32 Å². The Morgan fingerprint density at radius 2 is 2.05 bits per heavy atom. The molecule has 2 unspecified atom stereocenters. The van der Waals surface area contributed by atoms with Crippen molar-refractivity contribution < 1.29 is 0 Å². The van der Waals surface area contributed by atoms with E-state index in [0.717, 1.165) is 18.7 Å². The number of pyridine rings is 1. The van der Waals surface area contributed by atoms with Crippen LogP contribution in [-0.4, -0.2) is 11.5 Å². The summed E-state index contributed by atoms with van der Waals surface area (Å²) in [4.78, 5) is 4.53. The molecule has 2 rings (SSSR count). The highest BCUT2D eigenvalue weighted by Crippen LogP contribution is 2.34. The van der Waals surface area contributed by atoms with Crippen molar-refractivity contribution in [3.8, 4) is 0 Å². The van der Waals surface area contributed by atoms with Crippen molar-refractivity contribution in [1.82, 2.24) is 10.3 Å². The molecule has 0 bridgehead atoms. The highest BCUT2D eigenvalue weighted by molar-refractivity contribution is 9.10. The molecule has 0 saturated carbocycles. The molecule has 0 saturated heterocycles. The van der Waals surface area contributed by atoms with E-state index in [9.17, 15) is 0 Å². The van der Waals surface area contributed by atoms with Crippen LogP contribution in [0, 0.1) is 6.92 Å². The van der Waals surface area contributed by atoms with Crippen LogP contribution in [0.5, 0.6) is 0 Å². The van der Waals surface area contributed by atoms with Crippen molar-refractivity contribution in [2.75, 3.05) is 6.54 Å². The Morgan fingerprint density at radius 1 is 1.24 bits per heavy atom.